The molecule has 4 rings (SSSR count). The summed E-state index contributed by atoms with van der Waals surface area (Å²) < 4.78 is 1.97. The standard InChI is InChI=1S/C18H19N3OS/c19-17-16(22)12-23-18(17,10-13-6-2-1-3-7-13)21-11-14-8-4-5-9-15(14)20-21/h1-9,11,16-17,22H,10,12,19H2. The van der Waals surface area contributed by atoms with Gasteiger partial charge in [0.25, 0.3) is 0 Å². The summed E-state index contributed by atoms with van der Waals surface area (Å²) in [5.41, 5.74) is 8.58. The fraction of sp³-hybridized carbons (Fsp3) is 0.278. The number of hydrogen-bond donors (Lipinski definition) is 2. The van der Waals surface area contributed by atoms with Gasteiger partial charge in [-0.3, -0.25) is 4.68 Å². The molecular weight excluding hydrogens is 306 g/mol. The van der Waals surface area contributed by atoms with Gasteiger partial charge < -0.3 is 10.8 Å². The largest absolute Gasteiger partial charge is 0.391 e. The van der Waals surface area contributed by atoms with Gasteiger partial charge in [-0.15, -0.1) is 11.8 Å². The topological polar surface area (TPSA) is 64.1 Å². The summed E-state index contributed by atoms with van der Waals surface area (Å²) in [7, 11) is 0. The summed E-state index contributed by atoms with van der Waals surface area (Å²) in [6.45, 7) is 0. The normalized spacial score (nSPS) is 27.6. The van der Waals surface area contributed by atoms with Crippen molar-refractivity contribution in [3.8, 4) is 0 Å². The SMILES string of the molecule is NC1C(O)CSC1(Cc1ccccc1)n1cc2ccccc2n1. The molecule has 0 aliphatic carbocycles. The highest BCUT2D eigenvalue weighted by Gasteiger charge is 2.49. The minimum absolute atomic E-state index is 0.359. The molecule has 5 heteroatoms. The van der Waals surface area contributed by atoms with Gasteiger partial charge in [0.1, 0.15) is 4.87 Å². The third-order valence-corrected chi connectivity index (χ3v) is 6.15. The van der Waals surface area contributed by atoms with Crippen molar-refractivity contribution >= 4 is 22.7 Å². The van der Waals surface area contributed by atoms with Gasteiger partial charge >= 0.3 is 0 Å². The number of thioether (sulfide) groups is 1. The average molecular weight is 325 g/mol. The number of hydrogen-bond acceptors (Lipinski definition) is 4. The van der Waals surface area contributed by atoms with Crippen LogP contribution in [0.5, 0.6) is 0 Å². The van der Waals surface area contributed by atoms with E-state index in [1.165, 1.54) is 5.56 Å². The quantitative estimate of drug-likeness (QED) is 0.776. The van der Waals surface area contributed by atoms with E-state index in [0.717, 1.165) is 17.3 Å². The van der Waals surface area contributed by atoms with Crippen molar-refractivity contribution in [2.75, 3.05) is 5.75 Å². The Labute approximate surface area is 139 Å². The Morgan fingerprint density at radius 3 is 2.61 bits per heavy atom. The Kier molecular flexibility index (Phi) is 3.64. The van der Waals surface area contributed by atoms with Crippen molar-refractivity contribution in [1.29, 1.82) is 0 Å². The number of aliphatic hydroxyl groups is 1. The molecule has 4 nitrogen and oxygen atoms in total. The van der Waals surface area contributed by atoms with Crippen LogP contribution in [-0.2, 0) is 11.3 Å². The summed E-state index contributed by atoms with van der Waals surface area (Å²) >= 11 is 1.69. The molecule has 1 aliphatic heterocycles. The first kappa shape index (κ1) is 14.8. The molecule has 3 aromatic rings. The zero-order chi connectivity index (χ0) is 15.9. The van der Waals surface area contributed by atoms with E-state index in [1.54, 1.807) is 11.8 Å². The van der Waals surface area contributed by atoms with Crippen LogP contribution in [0.4, 0.5) is 0 Å². The van der Waals surface area contributed by atoms with E-state index >= 15 is 0 Å². The fourth-order valence-electron chi connectivity index (χ4n) is 3.25. The highest BCUT2D eigenvalue weighted by Crippen LogP contribution is 2.44. The fourth-order valence-corrected chi connectivity index (χ4v) is 4.76. The van der Waals surface area contributed by atoms with Crippen LogP contribution in [0.3, 0.4) is 0 Å². The molecule has 1 aliphatic rings. The van der Waals surface area contributed by atoms with Gasteiger partial charge in [-0.1, -0.05) is 48.5 Å². The lowest BCUT2D eigenvalue weighted by Crippen LogP contribution is -2.50. The number of aromatic nitrogens is 2. The summed E-state index contributed by atoms with van der Waals surface area (Å²) in [5.74, 6) is 0.629. The van der Waals surface area contributed by atoms with Crippen LogP contribution in [0.15, 0.2) is 60.8 Å². The predicted molar refractivity (Wildman–Crippen MR) is 94.3 cm³/mol. The van der Waals surface area contributed by atoms with Crippen molar-refractivity contribution in [3.05, 3.63) is 66.4 Å². The second kappa shape index (κ2) is 5.67. The van der Waals surface area contributed by atoms with E-state index in [0.29, 0.717) is 5.75 Å². The van der Waals surface area contributed by atoms with Crippen molar-refractivity contribution < 1.29 is 5.11 Å². The second-order valence-electron chi connectivity index (χ2n) is 6.04. The molecule has 2 aromatic carbocycles. The number of nitrogens with two attached hydrogens (primary N) is 1. The van der Waals surface area contributed by atoms with E-state index in [9.17, 15) is 5.11 Å². The highest BCUT2D eigenvalue weighted by molar-refractivity contribution is 8.00. The van der Waals surface area contributed by atoms with Gasteiger partial charge in [-0.2, -0.15) is 5.10 Å². The summed E-state index contributed by atoms with van der Waals surface area (Å²) in [5, 5.41) is 16.1. The monoisotopic (exact) mass is 325 g/mol. The molecule has 118 valence electrons. The van der Waals surface area contributed by atoms with Gasteiger partial charge in [0.15, 0.2) is 0 Å². The molecule has 0 spiro atoms. The molecule has 1 saturated heterocycles. The predicted octanol–water partition coefficient (Wildman–Crippen LogP) is 2.37. The molecule has 23 heavy (non-hydrogen) atoms. The van der Waals surface area contributed by atoms with E-state index in [1.807, 2.05) is 47.3 Å². The minimum Gasteiger partial charge on any atom is -0.391 e. The van der Waals surface area contributed by atoms with Crippen LogP contribution in [0.1, 0.15) is 5.56 Å². The maximum Gasteiger partial charge on any atom is 0.129 e. The Hall–Kier alpha value is -1.82. The van der Waals surface area contributed by atoms with Gasteiger partial charge in [0.2, 0.25) is 0 Å². The maximum absolute atomic E-state index is 10.3. The molecule has 1 aromatic heterocycles. The van der Waals surface area contributed by atoms with Crippen molar-refractivity contribution in [3.63, 3.8) is 0 Å². The van der Waals surface area contributed by atoms with Crippen LogP contribution < -0.4 is 5.73 Å². The zero-order valence-corrected chi connectivity index (χ0v) is 13.5. The van der Waals surface area contributed by atoms with Crippen LogP contribution in [0.25, 0.3) is 10.9 Å². The molecule has 0 radical (unpaired) electrons. The molecule has 0 amide bonds. The smallest absolute Gasteiger partial charge is 0.129 e. The molecule has 3 unspecified atom stereocenters. The molecule has 0 saturated carbocycles. The lowest BCUT2D eigenvalue weighted by molar-refractivity contribution is 0.138. The van der Waals surface area contributed by atoms with Crippen molar-refractivity contribution in [1.82, 2.24) is 9.78 Å². The first-order chi connectivity index (χ1) is 11.2. The Morgan fingerprint density at radius 1 is 1.17 bits per heavy atom. The van der Waals surface area contributed by atoms with Crippen LogP contribution >= 0.6 is 11.8 Å². The van der Waals surface area contributed by atoms with Crippen molar-refractivity contribution in [2.24, 2.45) is 5.73 Å². The van der Waals surface area contributed by atoms with Crippen molar-refractivity contribution in [2.45, 2.75) is 23.4 Å². The summed E-state index contributed by atoms with van der Waals surface area (Å²) in [6, 6.07) is 18.0. The molecule has 2 heterocycles. The molecular formula is C18H19N3OS. The van der Waals surface area contributed by atoms with E-state index in [4.69, 9.17) is 10.8 Å². The first-order valence-corrected chi connectivity index (χ1v) is 8.74. The number of aliphatic hydroxyl groups excluding tert-OH is 1. The molecule has 1 fully saturated rings. The number of nitrogens with zero attached hydrogens (tertiary/aromatic N) is 2. The summed E-state index contributed by atoms with van der Waals surface area (Å²) in [4.78, 5) is -0.459. The van der Waals surface area contributed by atoms with Crippen LogP contribution in [-0.4, -0.2) is 32.8 Å². The van der Waals surface area contributed by atoms with Gasteiger partial charge in [-0.25, -0.2) is 0 Å². The van der Waals surface area contributed by atoms with E-state index in [-0.39, 0.29) is 6.04 Å². The lowest BCUT2D eigenvalue weighted by atomic mass is 9.96. The molecule has 3 atom stereocenters. The number of benzene rings is 2. The number of rotatable bonds is 3. The molecule has 0 bridgehead atoms. The molecule has 3 N–H and O–H groups in total. The first-order valence-electron chi connectivity index (χ1n) is 7.75. The maximum atomic E-state index is 10.3. The van der Waals surface area contributed by atoms with Gasteiger partial charge in [0.05, 0.1) is 17.7 Å². The highest BCUT2D eigenvalue weighted by atomic mass is 32.2. The van der Waals surface area contributed by atoms with Crippen LogP contribution in [0, 0.1) is 0 Å². The average Bonchev–Trinajstić information content (AvgIpc) is 3.13. The Bertz CT molecular complexity index is 786. The lowest BCUT2D eigenvalue weighted by Gasteiger charge is -2.33. The Morgan fingerprint density at radius 2 is 1.91 bits per heavy atom. The van der Waals surface area contributed by atoms with E-state index in [2.05, 4.69) is 18.2 Å². The third kappa shape index (κ3) is 2.45. The zero-order valence-electron chi connectivity index (χ0n) is 12.7. The third-order valence-electron chi connectivity index (χ3n) is 4.54. The number of fused-ring (bicyclic) bond motifs is 1. The second-order valence-corrected chi connectivity index (χ2v) is 7.37. The Balaban J connectivity index is 1.82. The van der Waals surface area contributed by atoms with E-state index < -0.39 is 11.0 Å². The van der Waals surface area contributed by atoms with Crippen LogP contribution in [0.2, 0.25) is 0 Å². The minimum atomic E-state index is -0.518. The van der Waals surface area contributed by atoms with Gasteiger partial charge in [0, 0.05) is 23.8 Å². The summed E-state index contributed by atoms with van der Waals surface area (Å²) in [6.07, 6.45) is 2.27. The van der Waals surface area contributed by atoms with Gasteiger partial charge in [-0.05, 0) is 11.6 Å².